The molecule has 1 aliphatic rings. The van der Waals surface area contributed by atoms with Gasteiger partial charge in [-0.1, -0.05) is 24.3 Å². The van der Waals surface area contributed by atoms with Crippen molar-refractivity contribution in [2.45, 2.75) is 12.8 Å². The highest BCUT2D eigenvalue weighted by Gasteiger charge is 2.18. The molecule has 0 bridgehead atoms. The number of benzene rings is 2. The van der Waals surface area contributed by atoms with E-state index in [4.69, 9.17) is 14.5 Å². The first-order valence-electron chi connectivity index (χ1n) is 10.6. The number of thiazole rings is 1. The first kappa shape index (κ1) is 22.6. The molecule has 3 aromatic rings. The zero-order valence-electron chi connectivity index (χ0n) is 18.6. The average Bonchev–Trinajstić information content (AvgIpc) is 3.30. The molecule has 7 heteroatoms. The van der Waals surface area contributed by atoms with Crippen LogP contribution in [0.5, 0.6) is 23.0 Å². The zero-order chi connectivity index (χ0) is 23.2. The Kier molecular flexibility index (Phi) is 7.10. The molecule has 2 aromatic carbocycles. The van der Waals surface area contributed by atoms with E-state index in [9.17, 15) is 10.2 Å². The second-order valence-corrected chi connectivity index (χ2v) is 8.70. The van der Waals surface area contributed by atoms with Gasteiger partial charge in [0.05, 0.1) is 19.8 Å². The van der Waals surface area contributed by atoms with Gasteiger partial charge in [-0.3, -0.25) is 4.99 Å². The summed E-state index contributed by atoms with van der Waals surface area (Å²) in [6.07, 6.45) is 11.1. The van der Waals surface area contributed by atoms with Crippen LogP contribution < -0.4 is 9.47 Å². The Hall–Kier alpha value is -3.58. The molecule has 0 spiro atoms. The van der Waals surface area contributed by atoms with Gasteiger partial charge in [0.25, 0.3) is 0 Å². The summed E-state index contributed by atoms with van der Waals surface area (Å²) in [5.41, 5.74) is 2.37. The predicted molar refractivity (Wildman–Crippen MR) is 132 cm³/mol. The lowest BCUT2D eigenvalue weighted by Gasteiger charge is -2.17. The molecule has 1 heterocycles. The normalized spacial score (nSPS) is 16.3. The van der Waals surface area contributed by atoms with E-state index in [1.165, 1.54) is 0 Å². The number of aromatic nitrogens is 1. The van der Waals surface area contributed by atoms with Gasteiger partial charge < -0.3 is 19.7 Å². The molecular weight excluding hydrogens is 436 g/mol. The highest BCUT2D eigenvalue weighted by molar-refractivity contribution is 7.15. The number of hydrogen-bond donors (Lipinski definition) is 2. The molecule has 0 amide bonds. The molecule has 0 radical (unpaired) electrons. The van der Waals surface area contributed by atoms with Gasteiger partial charge in [0.1, 0.15) is 28.0 Å². The fourth-order valence-electron chi connectivity index (χ4n) is 3.73. The number of phenolic OH excluding ortho intramolecular Hbond substituents is 2. The minimum absolute atomic E-state index is 0.00716. The number of nitrogens with zero attached hydrogens (tertiary/aromatic N) is 2. The number of allylic oxidation sites excluding steroid dienone is 4. The van der Waals surface area contributed by atoms with Crippen molar-refractivity contribution in [1.82, 2.24) is 4.98 Å². The maximum Gasteiger partial charge on any atom is 0.129 e. The summed E-state index contributed by atoms with van der Waals surface area (Å²) in [6.45, 7) is 0.619. The Morgan fingerprint density at radius 3 is 2.64 bits per heavy atom. The lowest BCUT2D eigenvalue weighted by molar-refractivity contribution is 0.404. The third-order valence-corrected chi connectivity index (χ3v) is 6.59. The van der Waals surface area contributed by atoms with Gasteiger partial charge in [-0.05, 0) is 42.8 Å². The summed E-state index contributed by atoms with van der Waals surface area (Å²) in [5.74, 6) is 1.70. The van der Waals surface area contributed by atoms with E-state index in [-0.39, 0.29) is 17.4 Å². The van der Waals surface area contributed by atoms with Crippen LogP contribution in [0.3, 0.4) is 0 Å². The number of methoxy groups -OCH3 is 2. The van der Waals surface area contributed by atoms with E-state index >= 15 is 0 Å². The van der Waals surface area contributed by atoms with Gasteiger partial charge >= 0.3 is 0 Å². The van der Waals surface area contributed by atoms with Crippen molar-refractivity contribution >= 4 is 17.0 Å². The van der Waals surface area contributed by atoms with E-state index in [2.05, 4.69) is 4.98 Å². The molecule has 33 heavy (non-hydrogen) atoms. The van der Waals surface area contributed by atoms with Crippen molar-refractivity contribution in [3.8, 4) is 33.6 Å². The Bertz CT molecular complexity index is 1190. The third-order valence-electron chi connectivity index (χ3n) is 5.50. The summed E-state index contributed by atoms with van der Waals surface area (Å²) in [6, 6.07) is 10.5. The molecule has 6 nitrogen and oxygen atoms in total. The second kappa shape index (κ2) is 10.4. The number of aromatic hydroxyl groups is 2. The monoisotopic (exact) mass is 462 g/mol. The molecule has 1 atom stereocenters. The molecule has 0 aliphatic heterocycles. The van der Waals surface area contributed by atoms with Crippen LogP contribution in [0.25, 0.3) is 10.6 Å². The van der Waals surface area contributed by atoms with Gasteiger partial charge in [0.15, 0.2) is 0 Å². The molecule has 0 fully saturated rings. The van der Waals surface area contributed by atoms with Crippen LogP contribution >= 0.6 is 11.3 Å². The Balaban J connectivity index is 1.45. The molecule has 170 valence electrons. The van der Waals surface area contributed by atoms with E-state index in [0.29, 0.717) is 18.5 Å². The number of rotatable bonds is 8. The molecule has 1 aromatic heterocycles. The third kappa shape index (κ3) is 5.26. The lowest BCUT2D eigenvalue weighted by atomic mass is 9.90. The van der Waals surface area contributed by atoms with Gasteiger partial charge in [0.2, 0.25) is 0 Å². The smallest absolute Gasteiger partial charge is 0.129 e. The molecule has 1 aliphatic carbocycles. The highest BCUT2D eigenvalue weighted by Crippen LogP contribution is 2.36. The van der Waals surface area contributed by atoms with Crippen LogP contribution in [0.15, 0.2) is 71.9 Å². The van der Waals surface area contributed by atoms with Gasteiger partial charge in [-0.15, -0.1) is 11.3 Å². The van der Waals surface area contributed by atoms with Gasteiger partial charge in [0, 0.05) is 41.2 Å². The standard InChI is InChI=1S/C26H26N2O4S/c1-31-18-10-11-25(32-2)21(15-18)26-28-16-19(33-26)12-13-27-22-7-4-3-6-17(22)14-20-23(29)8-5-9-24(20)30/h3-11,15-17,29-30H,12-14H2,1-2H3. The molecular formula is C26H26N2O4S. The van der Waals surface area contributed by atoms with Gasteiger partial charge in [-0.25, -0.2) is 4.98 Å². The first-order valence-corrected chi connectivity index (χ1v) is 11.5. The van der Waals surface area contributed by atoms with Crippen LogP contribution in [-0.4, -0.2) is 41.7 Å². The zero-order valence-corrected chi connectivity index (χ0v) is 19.4. The topological polar surface area (TPSA) is 84.2 Å². The van der Waals surface area contributed by atoms with Crippen LogP contribution in [0.4, 0.5) is 0 Å². The number of phenols is 2. The van der Waals surface area contributed by atoms with Crippen LogP contribution in [0.2, 0.25) is 0 Å². The maximum absolute atomic E-state index is 10.1. The van der Waals surface area contributed by atoms with Crippen LogP contribution in [0, 0.1) is 5.92 Å². The molecule has 0 saturated heterocycles. The van der Waals surface area contributed by atoms with Crippen molar-refractivity contribution in [3.05, 3.63) is 77.3 Å². The molecule has 4 rings (SSSR count). The Morgan fingerprint density at radius 2 is 1.88 bits per heavy atom. The summed E-state index contributed by atoms with van der Waals surface area (Å²) >= 11 is 1.61. The van der Waals surface area contributed by atoms with E-state index in [1.54, 1.807) is 43.8 Å². The maximum atomic E-state index is 10.1. The van der Waals surface area contributed by atoms with Crippen molar-refractivity contribution < 1.29 is 19.7 Å². The summed E-state index contributed by atoms with van der Waals surface area (Å²) in [5, 5.41) is 21.1. The first-order chi connectivity index (χ1) is 16.1. The summed E-state index contributed by atoms with van der Waals surface area (Å²) < 4.78 is 10.8. The average molecular weight is 463 g/mol. The molecule has 0 saturated carbocycles. The minimum Gasteiger partial charge on any atom is -0.508 e. The van der Waals surface area contributed by atoms with Crippen molar-refractivity contribution in [3.63, 3.8) is 0 Å². The number of aliphatic imine (C=N–C) groups is 1. The quantitative estimate of drug-likeness (QED) is 0.480. The summed E-state index contributed by atoms with van der Waals surface area (Å²) in [4.78, 5) is 10.5. The lowest BCUT2D eigenvalue weighted by Crippen LogP contribution is -2.16. The minimum atomic E-state index is -0.00716. The van der Waals surface area contributed by atoms with E-state index < -0.39 is 0 Å². The van der Waals surface area contributed by atoms with Crippen molar-refractivity contribution in [2.75, 3.05) is 20.8 Å². The molecule has 2 N–H and O–H groups in total. The van der Waals surface area contributed by atoms with E-state index in [0.717, 1.165) is 39.1 Å². The number of hydrogen-bond acceptors (Lipinski definition) is 7. The van der Waals surface area contributed by atoms with Crippen LogP contribution in [-0.2, 0) is 12.8 Å². The number of ether oxygens (including phenoxy) is 2. The van der Waals surface area contributed by atoms with Crippen molar-refractivity contribution in [2.24, 2.45) is 10.9 Å². The van der Waals surface area contributed by atoms with Gasteiger partial charge in [-0.2, -0.15) is 0 Å². The summed E-state index contributed by atoms with van der Waals surface area (Å²) in [7, 11) is 3.29. The Morgan fingerprint density at radius 1 is 1.06 bits per heavy atom. The fourth-order valence-corrected chi connectivity index (χ4v) is 4.66. The predicted octanol–water partition coefficient (Wildman–Crippen LogP) is 5.21. The van der Waals surface area contributed by atoms with Crippen LogP contribution in [0.1, 0.15) is 10.4 Å². The highest BCUT2D eigenvalue weighted by atomic mass is 32.1. The van der Waals surface area contributed by atoms with E-state index in [1.807, 2.05) is 48.7 Å². The molecule has 1 unspecified atom stereocenters. The largest absolute Gasteiger partial charge is 0.508 e. The van der Waals surface area contributed by atoms with Crippen molar-refractivity contribution in [1.29, 1.82) is 0 Å². The SMILES string of the molecule is COc1ccc(OC)c(-c2ncc(CCN=C3C=CC=CC3Cc3c(O)cccc3O)s2)c1. The Labute approximate surface area is 197 Å². The fraction of sp³-hybridized carbons (Fsp3) is 0.231. The second-order valence-electron chi connectivity index (χ2n) is 7.58.